The quantitative estimate of drug-likeness (QED) is 0.812. The van der Waals surface area contributed by atoms with Crippen LogP contribution in [0.4, 0.5) is 0 Å². The van der Waals surface area contributed by atoms with Crippen LogP contribution in [-0.4, -0.2) is 25.7 Å². The molecule has 2 rings (SSSR count). The highest BCUT2D eigenvalue weighted by Crippen LogP contribution is 2.42. The van der Waals surface area contributed by atoms with Crippen molar-refractivity contribution >= 4 is 6.47 Å². The van der Waals surface area contributed by atoms with Gasteiger partial charge < -0.3 is 15.2 Å². The number of nitrogens with two attached hydrogens (primary N) is 1. The number of ether oxygens (including phenoxy) is 2. The lowest BCUT2D eigenvalue weighted by Gasteiger charge is -2.41. The SMILES string of the molecule is COc1ccc(C(CN)C2(OC=O)CCCCC2)cc1. The Labute approximate surface area is 120 Å². The monoisotopic (exact) mass is 277 g/mol. The Bertz CT molecular complexity index is 424. The van der Waals surface area contributed by atoms with Crippen molar-refractivity contribution in [1.82, 2.24) is 0 Å². The standard InChI is InChI=1S/C16H23NO3/c1-19-14-7-5-13(6-8-14)15(11-17)16(20-12-18)9-3-2-4-10-16/h5-8,12,15H,2-4,9-11,17H2,1H3. The zero-order valence-corrected chi connectivity index (χ0v) is 12.0. The van der Waals surface area contributed by atoms with E-state index in [9.17, 15) is 4.79 Å². The summed E-state index contributed by atoms with van der Waals surface area (Å²) in [5.41, 5.74) is 6.66. The van der Waals surface area contributed by atoms with E-state index in [0.717, 1.165) is 37.0 Å². The smallest absolute Gasteiger partial charge is 0.293 e. The molecule has 1 aliphatic carbocycles. The van der Waals surface area contributed by atoms with Gasteiger partial charge >= 0.3 is 0 Å². The summed E-state index contributed by atoms with van der Waals surface area (Å²) in [4.78, 5) is 10.9. The molecule has 1 aliphatic rings. The summed E-state index contributed by atoms with van der Waals surface area (Å²) >= 11 is 0. The second kappa shape index (κ2) is 6.75. The van der Waals surface area contributed by atoms with Gasteiger partial charge in [0.1, 0.15) is 11.4 Å². The molecule has 0 spiro atoms. The summed E-state index contributed by atoms with van der Waals surface area (Å²) in [7, 11) is 1.65. The third-order valence-electron chi connectivity index (χ3n) is 4.37. The molecule has 0 amide bonds. The van der Waals surface area contributed by atoms with Crippen LogP contribution in [0.15, 0.2) is 24.3 Å². The lowest BCUT2D eigenvalue weighted by Crippen LogP contribution is -2.44. The second-order valence-electron chi connectivity index (χ2n) is 5.40. The summed E-state index contributed by atoms with van der Waals surface area (Å²) in [6, 6.07) is 7.88. The summed E-state index contributed by atoms with van der Waals surface area (Å²) in [5, 5.41) is 0. The predicted molar refractivity (Wildman–Crippen MR) is 77.8 cm³/mol. The first kappa shape index (κ1) is 14.9. The fourth-order valence-corrected chi connectivity index (χ4v) is 3.29. The number of carbonyl (C=O) groups is 1. The molecule has 0 radical (unpaired) electrons. The zero-order valence-electron chi connectivity index (χ0n) is 12.0. The molecule has 0 aromatic heterocycles. The van der Waals surface area contributed by atoms with Gasteiger partial charge in [0.2, 0.25) is 0 Å². The maximum absolute atomic E-state index is 10.9. The Kier molecular flexibility index (Phi) is 5.01. The fraction of sp³-hybridized carbons (Fsp3) is 0.562. The maximum atomic E-state index is 10.9. The van der Waals surface area contributed by atoms with Gasteiger partial charge in [-0.3, -0.25) is 4.79 Å². The molecule has 1 atom stereocenters. The first-order valence-corrected chi connectivity index (χ1v) is 7.21. The number of hydrogen-bond acceptors (Lipinski definition) is 4. The topological polar surface area (TPSA) is 61.6 Å². The Morgan fingerprint density at radius 2 is 1.90 bits per heavy atom. The Morgan fingerprint density at radius 1 is 1.25 bits per heavy atom. The van der Waals surface area contributed by atoms with Crippen LogP contribution >= 0.6 is 0 Å². The van der Waals surface area contributed by atoms with E-state index in [-0.39, 0.29) is 5.92 Å². The lowest BCUT2D eigenvalue weighted by molar-refractivity contribution is -0.150. The summed E-state index contributed by atoms with van der Waals surface area (Å²) in [5.74, 6) is 0.859. The molecule has 4 nitrogen and oxygen atoms in total. The van der Waals surface area contributed by atoms with Crippen LogP contribution in [0.2, 0.25) is 0 Å². The molecule has 0 bridgehead atoms. The largest absolute Gasteiger partial charge is 0.497 e. The molecule has 110 valence electrons. The Hall–Kier alpha value is -1.55. The van der Waals surface area contributed by atoms with Gasteiger partial charge in [0.15, 0.2) is 0 Å². The van der Waals surface area contributed by atoms with E-state index >= 15 is 0 Å². The van der Waals surface area contributed by atoms with Gasteiger partial charge in [0.05, 0.1) is 7.11 Å². The van der Waals surface area contributed by atoms with Gasteiger partial charge in [-0.2, -0.15) is 0 Å². The van der Waals surface area contributed by atoms with Crippen LogP contribution in [0.25, 0.3) is 0 Å². The number of hydrogen-bond donors (Lipinski definition) is 1. The van der Waals surface area contributed by atoms with Crippen molar-refractivity contribution in [2.24, 2.45) is 5.73 Å². The van der Waals surface area contributed by atoms with Crippen LogP contribution in [0, 0.1) is 0 Å². The van der Waals surface area contributed by atoms with E-state index < -0.39 is 5.60 Å². The van der Waals surface area contributed by atoms with E-state index in [1.54, 1.807) is 7.11 Å². The highest BCUT2D eigenvalue weighted by atomic mass is 16.5. The Balaban J connectivity index is 2.28. The van der Waals surface area contributed by atoms with Crippen molar-refractivity contribution in [2.45, 2.75) is 43.6 Å². The van der Waals surface area contributed by atoms with Gasteiger partial charge in [-0.25, -0.2) is 0 Å². The molecule has 20 heavy (non-hydrogen) atoms. The number of benzene rings is 1. The predicted octanol–water partition coefficient (Wildman–Crippen LogP) is 2.61. The zero-order chi connectivity index (χ0) is 14.4. The van der Waals surface area contributed by atoms with E-state index in [1.807, 2.05) is 24.3 Å². The van der Waals surface area contributed by atoms with Gasteiger partial charge in [-0.05, 0) is 43.4 Å². The van der Waals surface area contributed by atoms with Gasteiger partial charge in [-0.1, -0.05) is 18.6 Å². The van der Waals surface area contributed by atoms with Crippen LogP contribution in [-0.2, 0) is 9.53 Å². The van der Waals surface area contributed by atoms with Crippen molar-refractivity contribution in [3.05, 3.63) is 29.8 Å². The normalized spacial score (nSPS) is 19.1. The van der Waals surface area contributed by atoms with Crippen molar-refractivity contribution in [2.75, 3.05) is 13.7 Å². The third-order valence-corrected chi connectivity index (χ3v) is 4.37. The number of carbonyl (C=O) groups excluding carboxylic acids is 1. The highest BCUT2D eigenvalue weighted by Gasteiger charge is 2.41. The average molecular weight is 277 g/mol. The molecule has 0 aliphatic heterocycles. The van der Waals surface area contributed by atoms with Crippen LogP contribution in [0.3, 0.4) is 0 Å². The van der Waals surface area contributed by atoms with E-state index in [2.05, 4.69) is 0 Å². The average Bonchev–Trinajstić information content (AvgIpc) is 2.50. The number of methoxy groups -OCH3 is 1. The second-order valence-corrected chi connectivity index (χ2v) is 5.40. The molecule has 1 fully saturated rings. The first-order valence-electron chi connectivity index (χ1n) is 7.21. The van der Waals surface area contributed by atoms with Crippen LogP contribution in [0.5, 0.6) is 5.75 Å². The molecule has 1 aromatic rings. The minimum atomic E-state index is -0.441. The molecular formula is C16H23NO3. The molecule has 0 heterocycles. The molecule has 1 saturated carbocycles. The van der Waals surface area contributed by atoms with E-state index in [4.69, 9.17) is 15.2 Å². The summed E-state index contributed by atoms with van der Waals surface area (Å²) in [6.45, 7) is 1.05. The first-order chi connectivity index (χ1) is 9.75. The lowest BCUT2D eigenvalue weighted by atomic mass is 9.72. The maximum Gasteiger partial charge on any atom is 0.293 e. The number of rotatable bonds is 6. The fourth-order valence-electron chi connectivity index (χ4n) is 3.29. The molecule has 1 unspecified atom stereocenters. The van der Waals surface area contributed by atoms with Crippen molar-refractivity contribution in [1.29, 1.82) is 0 Å². The minimum Gasteiger partial charge on any atom is -0.497 e. The highest BCUT2D eigenvalue weighted by molar-refractivity contribution is 5.40. The molecule has 1 aromatic carbocycles. The van der Waals surface area contributed by atoms with Gasteiger partial charge in [0.25, 0.3) is 6.47 Å². The van der Waals surface area contributed by atoms with Crippen LogP contribution < -0.4 is 10.5 Å². The molecular weight excluding hydrogens is 254 g/mol. The van der Waals surface area contributed by atoms with Gasteiger partial charge in [0, 0.05) is 12.5 Å². The van der Waals surface area contributed by atoms with E-state index in [0.29, 0.717) is 13.0 Å². The van der Waals surface area contributed by atoms with Crippen LogP contribution in [0.1, 0.15) is 43.6 Å². The van der Waals surface area contributed by atoms with Gasteiger partial charge in [-0.15, -0.1) is 0 Å². The molecule has 0 saturated heterocycles. The van der Waals surface area contributed by atoms with E-state index in [1.165, 1.54) is 6.42 Å². The van der Waals surface area contributed by atoms with Crippen molar-refractivity contribution in [3.63, 3.8) is 0 Å². The minimum absolute atomic E-state index is 0.0407. The molecule has 4 heteroatoms. The third kappa shape index (κ3) is 2.96. The van der Waals surface area contributed by atoms with Crippen molar-refractivity contribution in [3.8, 4) is 5.75 Å². The summed E-state index contributed by atoms with van der Waals surface area (Å²) in [6.07, 6.45) is 5.14. The van der Waals surface area contributed by atoms with Crippen molar-refractivity contribution < 1.29 is 14.3 Å². The summed E-state index contributed by atoms with van der Waals surface area (Å²) < 4.78 is 10.7. The Morgan fingerprint density at radius 3 is 2.40 bits per heavy atom. The molecule has 2 N–H and O–H groups in total.